The van der Waals surface area contributed by atoms with Gasteiger partial charge in [-0.15, -0.1) is 0 Å². The first-order chi connectivity index (χ1) is 28.2. The van der Waals surface area contributed by atoms with E-state index >= 15 is 0 Å². The van der Waals surface area contributed by atoms with Crippen LogP contribution in [-0.4, -0.2) is 60.5 Å². The van der Waals surface area contributed by atoms with Crippen molar-refractivity contribution in [3.05, 3.63) is 72.9 Å². The molecule has 0 aliphatic rings. The monoisotopic (exact) mass is 836 g/mol. The van der Waals surface area contributed by atoms with E-state index in [4.69, 9.17) is 29.4 Å². The van der Waals surface area contributed by atoms with Gasteiger partial charge < -0.3 is 25.2 Å². The average Bonchev–Trinajstić information content (AvgIpc) is 3.20. The molecule has 334 valence electrons. The fourth-order valence-corrected chi connectivity index (χ4v) is 6.52. The maximum atomic E-state index is 12.6. The Morgan fingerprint density at radius 3 is 1.52 bits per heavy atom. The Morgan fingerprint density at radius 2 is 1.00 bits per heavy atom. The molecular formula is C47H82NO9P. The number of rotatable bonds is 42. The molecule has 4 N–H and O–H groups in total. The standard InChI is InChI=1S/C47H82NO9P/c1-3-5-7-9-11-13-15-17-19-21-22-23-24-26-28-30-32-34-36-38-40-54-41-44(42-55-58(52,53)56-43-45(48)47(50)51)57-46(49)39-37-35-33-31-29-27-25-20-18-16-14-12-10-8-6-4-2/h5,7,11,13,17,19-20,22-23,25-26,28,44-45H,3-4,6,8-10,12,14-16,18,21,24,27,29-43,48H2,1-2H3,(H,50,51)(H,52,53)/b7-5-,13-11-,19-17-,23-22-,25-20-,28-26-. The van der Waals surface area contributed by atoms with E-state index in [0.29, 0.717) is 13.0 Å². The summed E-state index contributed by atoms with van der Waals surface area (Å²) < 4.78 is 33.3. The van der Waals surface area contributed by atoms with Crippen molar-refractivity contribution in [2.24, 2.45) is 5.73 Å². The van der Waals surface area contributed by atoms with Crippen molar-refractivity contribution in [2.45, 2.75) is 187 Å². The number of unbranched alkanes of at least 4 members (excludes halogenated alkanes) is 16. The normalized spacial score (nSPS) is 14.6. The highest BCUT2D eigenvalue weighted by Gasteiger charge is 2.27. The van der Waals surface area contributed by atoms with Crippen molar-refractivity contribution < 1.29 is 42.7 Å². The van der Waals surface area contributed by atoms with E-state index in [2.05, 4.69) is 86.8 Å². The lowest BCUT2D eigenvalue weighted by molar-refractivity contribution is -0.154. The third-order valence-corrected chi connectivity index (χ3v) is 10.2. The molecule has 11 heteroatoms. The average molecular weight is 836 g/mol. The van der Waals surface area contributed by atoms with Crippen molar-refractivity contribution in [2.75, 3.05) is 26.4 Å². The predicted molar refractivity (Wildman–Crippen MR) is 240 cm³/mol. The number of allylic oxidation sites excluding steroid dienone is 12. The minimum atomic E-state index is -4.63. The van der Waals surface area contributed by atoms with Crippen LogP contribution in [0.1, 0.15) is 174 Å². The first-order valence-electron chi connectivity index (χ1n) is 22.5. The zero-order valence-electron chi connectivity index (χ0n) is 36.4. The molecule has 0 saturated heterocycles. The summed E-state index contributed by atoms with van der Waals surface area (Å²) in [5.41, 5.74) is 5.36. The molecule has 0 radical (unpaired) electrons. The van der Waals surface area contributed by atoms with Gasteiger partial charge in [0, 0.05) is 13.0 Å². The Balaban J connectivity index is 4.31. The summed E-state index contributed by atoms with van der Waals surface area (Å²) in [5, 5.41) is 8.90. The molecule has 0 aromatic carbocycles. The number of carbonyl (C=O) groups excluding carboxylic acids is 1. The molecule has 10 nitrogen and oxygen atoms in total. The van der Waals surface area contributed by atoms with Gasteiger partial charge in [0.2, 0.25) is 0 Å². The Labute approximate surface area is 353 Å². The molecule has 0 fully saturated rings. The number of aliphatic carboxylic acids is 1. The second-order valence-corrected chi connectivity index (χ2v) is 16.2. The minimum Gasteiger partial charge on any atom is -0.480 e. The lowest BCUT2D eigenvalue weighted by Crippen LogP contribution is -2.34. The number of ether oxygens (including phenoxy) is 2. The number of hydrogen-bond acceptors (Lipinski definition) is 8. The van der Waals surface area contributed by atoms with Gasteiger partial charge in [-0.25, -0.2) is 4.57 Å². The van der Waals surface area contributed by atoms with Gasteiger partial charge in [0.25, 0.3) is 0 Å². The Hall–Kier alpha value is -2.59. The van der Waals surface area contributed by atoms with Crippen LogP contribution < -0.4 is 5.73 Å². The van der Waals surface area contributed by atoms with Gasteiger partial charge in [-0.1, -0.05) is 157 Å². The summed E-state index contributed by atoms with van der Waals surface area (Å²) in [4.78, 5) is 33.6. The van der Waals surface area contributed by atoms with Crippen LogP contribution in [0.2, 0.25) is 0 Å². The molecule has 58 heavy (non-hydrogen) atoms. The van der Waals surface area contributed by atoms with E-state index in [9.17, 15) is 19.0 Å². The maximum Gasteiger partial charge on any atom is 0.472 e. The van der Waals surface area contributed by atoms with Crippen LogP contribution in [0.15, 0.2) is 72.9 Å². The second-order valence-electron chi connectivity index (χ2n) is 14.8. The third-order valence-electron chi connectivity index (χ3n) is 9.22. The van der Waals surface area contributed by atoms with Crippen LogP contribution in [0.5, 0.6) is 0 Å². The summed E-state index contributed by atoms with van der Waals surface area (Å²) in [6.07, 6.45) is 52.4. The topological polar surface area (TPSA) is 155 Å². The van der Waals surface area contributed by atoms with Gasteiger partial charge in [0.1, 0.15) is 12.1 Å². The SMILES string of the molecule is CC/C=C\C/C=C\C/C=C\C/C=C\C/C=C\CCCCCCOCC(COP(=O)(O)OCC(N)C(=O)O)OC(=O)CCCCCCC/C=C\CCCCCCCCC. The quantitative estimate of drug-likeness (QED) is 0.0234. The number of carboxylic acid groups (broad SMARTS) is 1. The van der Waals surface area contributed by atoms with E-state index in [1.54, 1.807) is 0 Å². The highest BCUT2D eigenvalue weighted by atomic mass is 31.2. The van der Waals surface area contributed by atoms with Crippen molar-refractivity contribution in [1.82, 2.24) is 0 Å². The molecule has 0 spiro atoms. The van der Waals surface area contributed by atoms with Gasteiger partial charge in [-0.3, -0.25) is 18.6 Å². The van der Waals surface area contributed by atoms with Crippen LogP contribution in [-0.2, 0) is 32.7 Å². The number of carboxylic acids is 1. The largest absolute Gasteiger partial charge is 0.480 e. The predicted octanol–water partition coefficient (Wildman–Crippen LogP) is 12.6. The van der Waals surface area contributed by atoms with Crippen LogP contribution in [0.25, 0.3) is 0 Å². The highest BCUT2D eigenvalue weighted by molar-refractivity contribution is 7.47. The smallest absolute Gasteiger partial charge is 0.472 e. The number of hydrogen-bond donors (Lipinski definition) is 3. The van der Waals surface area contributed by atoms with Crippen molar-refractivity contribution in [1.29, 1.82) is 0 Å². The van der Waals surface area contributed by atoms with E-state index < -0.39 is 45.1 Å². The molecule has 0 aromatic rings. The van der Waals surface area contributed by atoms with Gasteiger partial charge in [0.05, 0.1) is 19.8 Å². The van der Waals surface area contributed by atoms with Crippen LogP contribution in [0, 0.1) is 0 Å². The molecule has 0 aliphatic heterocycles. The molecule has 0 rings (SSSR count). The molecular weight excluding hydrogens is 753 g/mol. The van der Waals surface area contributed by atoms with Crippen LogP contribution >= 0.6 is 7.82 Å². The summed E-state index contributed by atoms with van der Waals surface area (Å²) in [6, 6.07) is -1.48. The van der Waals surface area contributed by atoms with Crippen molar-refractivity contribution in [3.63, 3.8) is 0 Å². The second kappa shape index (κ2) is 42.5. The van der Waals surface area contributed by atoms with Crippen LogP contribution in [0.3, 0.4) is 0 Å². The summed E-state index contributed by atoms with van der Waals surface area (Å²) in [7, 11) is -4.63. The summed E-state index contributed by atoms with van der Waals surface area (Å²) in [6.45, 7) is 3.68. The molecule has 0 heterocycles. The fourth-order valence-electron chi connectivity index (χ4n) is 5.74. The Bertz CT molecular complexity index is 1200. The fraction of sp³-hybridized carbons (Fsp3) is 0.702. The minimum absolute atomic E-state index is 0.00705. The van der Waals surface area contributed by atoms with Crippen molar-refractivity contribution in [3.8, 4) is 0 Å². The van der Waals surface area contributed by atoms with E-state index in [1.165, 1.54) is 51.4 Å². The number of carbonyl (C=O) groups is 2. The molecule has 3 unspecified atom stereocenters. The Morgan fingerprint density at radius 1 is 0.569 bits per heavy atom. The molecule has 0 aromatic heterocycles. The summed E-state index contributed by atoms with van der Waals surface area (Å²) in [5.74, 6) is -1.80. The highest BCUT2D eigenvalue weighted by Crippen LogP contribution is 2.43. The lowest BCUT2D eigenvalue weighted by atomic mass is 10.1. The first kappa shape index (κ1) is 55.4. The lowest BCUT2D eigenvalue weighted by Gasteiger charge is -2.20. The molecule has 0 bridgehead atoms. The van der Waals surface area contributed by atoms with E-state index in [0.717, 1.165) is 96.3 Å². The van der Waals surface area contributed by atoms with Crippen LogP contribution in [0.4, 0.5) is 0 Å². The van der Waals surface area contributed by atoms with Gasteiger partial charge in [0.15, 0.2) is 0 Å². The van der Waals surface area contributed by atoms with E-state index in [-0.39, 0.29) is 13.0 Å². The number of phosphoric acid groups is 1. The third kappa shape index (κ3) is 41.6. The number of nitrogens with two attached hydrogens (primary N) is 1. The van der Waals surface area contributed by atoms with Gasteiger partial charge >= 0.3 is 19.8 Å². The van der Waals surface area contributed by atoms with E-state index in [1.807, 2.05) is 0 Å². The Kier molecular flexibility index (Phi) is 40.6. The molecule has 0 saturated carbocycles. The maximum absolute atomic E-state index is 12.6. The number of phosphoric ester groups is 1. The zero-order valence-corrected chi connectivity index (χ0v) is 37.3. The molecule has 3 atom stereocenters. The zero-order chi connectivity index (χ0) is 42.6. The molecule has 0 amide bonds. The van der Waals surface area contributed by atoms with Crippen molar-refractivity contribution >= 4 is 19.8 Å². The van der Waals surface area contributed by atoms with Gasteiger partial charge in [-0.05, 0) is 83.5 Å². The first-order valence-corrected chi connectivity index (χ1v) is 24.0. The summed E-state index contributed by atoms with van der Waals surface area (Å²) >= 11 is 0. The molecule has 0 aliphatic carbocycles. The number of esters is 1. The van der Waals surface area contributed by atoms with Gasteiger partial charge in [-0.2, -0.15) is 0 Å².